The topological polar surface area (TPSA) is 72.3 Å². The van der Waals surface area contributed by atoms with Crippen LogP contribution in [0.4, 0.5) is 22.7 Å². The zero-order chi connectivity index (χ0) is 28.0. The second-order valence-electron chi connectivity index (χ2n) is 8.45. The van der Waals surface area contributed by atoms with Gasteiger partial charge >= 0.3 is 0 Å². The molecule has 0 unspecified atom stereocenters. The van der Waals surface area contributed by atoms with Gasteiger partial charge in [-0.05, 0) is 98.3 Å². The molecule has 0 aromatic heterocycles. The van der Waals surface area contributed by atoms with Gasteiger partial charge < -0.3 is 10.6 Å². The number of nitrogens with zero attached hydrogens (tertiary/aromatic N) is 2. The highest BCUT2D eigenvalue weighted by atomic mass is 32.2. The molecule has 3 N–H and O–H groups in total. The fraction of sp³-hybridized carbons (Fsp3) is 0.0938. The molecule has 3 aromatic rings. The van der Waals surface area contributed by atoms with Crippen molar-refractivity contribution >= 4 is 40.7 Å². The first-order valence-electron chi connectivity index (χ1n) is 12.3. The van der Waals surface area contributed by atoms with Crippen LogP contribution in [0.1, 0.15) is 23.6 Å². The molecule has 39 heavy (non-hydrogen) atoms. The number of aryl methyl sites for hydroxylation is 1. The van der Waals surface area contributed by atoms with Gasteiger partial charge in [-0.25, -0.2) is 0 Å². The largest absolute Gasteiger partial charge is 0.356 e. The summed E-state index contributed by atoms with van der Waals surface area (Å²) in [6.07, 6.45) is 11.3. The van der Waals surface area contributed by atoms with E-state index >= 15 is 0 Å². The maximum atomic E-state index is 9.30. The van der Waals surface area contributed by atoms with E-state index in [1.165, 1.54) is 12.2 Å². The van der Waals surface area contributed by atoms with Gasteiger partial charge in [0.2, 0.25) is 0 Å². The minimum atomic E-state index is 0.613. The second-order valence-corrected chi connectivity index (χ2v) is 9.31. The van der Waals surface area contributed by atoms with Crippen molar-refractivity contribution in [2.45, 2.75) is 13.8 Å². The minimum Gasteiger partial charge on any atom is -0.356 e. The Morgan fingerprint density at radius 2 is 1.56 bits per heavy atom. The van der Waals surface area contributed by atoms with E-state index in [4.69, 9.17) is 4.28 Å². The number of allylic oxidation sites excluding steroid dienone is 6. The average molecular weight is 536 g/mol. The van der Waals surface area contributed by atoms with Crippen molar-refractivity contribution < 1.29 is 4.28 Å². The molecule has 0 heterocycles. The fourth-order valence-electron chi connectivity index (χ4n) is 3.61. The van der Waals surface area contributed by atoms with E-state index < -0.39 is 0 Å². The lowest BCUT2D eigenvalue weighted by Gasteiger charge is -2.18. The van der Waals surface area contributed by atoms with E-state index in [9.17, 15) is 5.26 Å². The minimum absolute atomic E-state index is 0.613. The molecule has 3 aromatic carbocycles. The molecule has 198 valence electrons. The number of nitriles is 1. The Hall–Kier alpha value is -4.64. The molecule has 0 aliphatic carbocycles. The van der Waals surface area contributed by atoms with Crippen molar-refractivity contribution in [1.29, 1.82) is 5.26 Å². The molecule has 3 rings (SSSR count). The molecule has 0 saturated carbocycles. The van der Waals surface area contributed by atoms with Crippen molar-refractivity contribution in [2.24, 2.45) is 0 Å². The van der Waals surface area contributed by atoms with Gasteiger partial charge in [-0.1, -0.05) is 37.5 Å². The number of rotatable bonds is 13. The Balaban J connectivity index is 1.55. The summed E-state index contributed by atoms with van der Waals surface area (Å²) in [7, 11) is 1.93. The SMILES string of the molecule is C=C/C=C(\C=C/C)Nc1ccc(NOSN(C)c2ccc(N/C(=C/C=C)c3cc(C#N)ccc3C)cc2)cc1. The predicted octanol–water partition coefficient (Wildman–Crippen LogP) is 8.61. The van der Waals surface area contributed by atoms with Gasteiger partial charge in [-0.15, -0.1) is 0 Å². The number of benzene rings is 3. The quantitative estimate of drug-likeness (QED) is 0.0876. The predicted molar refractivity (Wildman–Crippen MR) is 168 cm³/mol. The number of nitrogens with one attached hydrogen (secondary N) is 3. The summed E-state index contributed by atoms with van der Waals surface area (Å²) in [6.45, 7) is 11.6. The third kappa shape index (κ3) is 8.71. The van der Waals surface area contributed by atoms with Crippen molar-refractivity contribution in [3.05, 3.63) is 139 Å². The summed E-state index contributed by atoms with van der Waals surface area (Å²) in [5.41, 5.74) is 11.1. The molecule has 0 saturated heterocycles. The van der Waals surface area contributed by atoms with Gasteiger partial charge in [-0.3, -0.25) is 9.79 Å². The Morgan fingerprint density at radius 3 is 2.21 bits per heavy atom. The van der Waals surface area contributed by atoms with Crippen LogP contribution in [0, 0.1) is 18.3 Å². The Kier molecular flexibility index (Phi) is 11.1. The molecule has 6 nitrogen and oxygen atoms in total. The molecule has 0 aliphatic rings. The van der Waals surface area contributed by atoms with Crippen molar-refractivity contribution in [2.75, 3.05) is 27.5 Å². The van der Waals surface area contributed by atoms with Crippen LogP contribution in [0.3, 0.4) is 0 Å². The first-order valence-corrected chi connectivity index (χ1v) is 13.0. The van der Waals surface area contributed by atoms with Crippen LogP contribution in [0.2, 0.25) is 0 Å². The van der Waals surface area contributed by atoms with Crippen molar-refractivity contribution in [1.82, 2.24) is 0 Å². The van der Waals surface area contributed by atoms with Gasteiger partial charge in [0, 0.05) is 41.1 Å². The third-order valence-corrected chi connectivity index (χ3v) is 6.17. The van der Waals surface area contributed by atoms with Gasteiger partial charge in [0.15, 0.2) is 0 Å². The van der Waals surface area contributed by atoms with E-state index in [2.05, 4.69) is 35.3 Å². The Labute approximate surface area is 236 Å². The van der Waals surface area contributed by atoms with E-state index in [0.717, 1.165) is 45.3 Å². The molecule has 0 radical (unpaired) electrons. The second kappa shape index (κ2) is 14.9. The molecular formula is C32H33N5OS. The van der Waals surface area contributed by atoms with Crippen molar-refractivity contribution in [3.63, 3.8) is 0 Å². The molecule has 0 aliphatic heterocycles. The first-order chi connectivity index (χ1) is 19.0. The van der Waals surface area contributed by atoms with Crippen LogP contribution >= 0.6 is 12.2 Å². The van der Waals surface area contributed by atoms with Crippen LogP contribution in [0.5, 0.6) is 0 Å². The monoisotopic (exact) mass is 535 g/mol. The summed E-state index contributed by atoms with van der Waals surface area (Å²) in [4.78, 5) is 0. The lowest BCUT2D eigenvalue weighted by Crippen LogP contribution is -2.09. The molecule has 0 spiro atoms. The lowest BCUT2D eigenvalue weighted by molar-refractivity contribution is 0.476. The third-order valence-electron chi connectivity index (χ3n) is 5.58. The fourth-order valence-corrected chi connectivity index (χ4v) is 4.06. The van der Waals surface area contributed by atoms with Gasteiger partial charge in [0.25, 0.3) is 0 Å². The highest BCUT2D eigenvalue weighted by Gasteiger charge is 2.08. The summed E-state index contributed by atoms with van der Waals surface area (Å²) in [5, 5.41) is 16.1. The van der Waals surface area contributed by atoms with Crippen molar-refractivity contribution in [3.8, 4) is 6.07 Å². The van der Waals surface area contributed by atoms with Gasteiger partial charge in [-0.2, -0.15) is 9.55 Å². The molecule has 7 heteroatoms. The Morgan fingerprint density at radius 1 is 0.923 bits per heavy atom. The van der Waals surface area contributed by atoms with Crippen LogP contribution in [0.25, 0.3) is 5.70 Å². The highest BCUT2D eigenvalue weighted by molar-refractivity contribution is 7.96. The zero-order valence-corrected chi connectivity index (χ0v) is 23.3. The smallest absolute Gasteiger partial charge is 0.142 e. The molecule has 0 bridgehead atoms. The van der Waals surface area contributed by atoms with Gasteiger partial charge in [0.05, 0.1) is 17.3 Å². The van der Waals surface area contributed by atoms with Crippen LogP contribution in [0.15, 0.2) is 122 Å². The van der Waals surface area contributed by atoms with Gasteiger partial charge in [0.1, 0.15) is 12.2 Å². The number of anilines is 4. The summed E-state index contributed by atoms with van der Waals surface area (Å²) < 4.78 is 7.54. The molecule has 0 fully saturated rings. The van der Waals surface area contributed by atoms with Crippen LogP contribution < -0.4 is 20.4 Å². The normalized spacial score (nSPS) is 11.5. The lowest BCUT2D eigenvalue weighted by atomic mass is 10.0. The molecule has 0 atom stereocenters. The maximum Gasteiger partial charge on any atom is 0.142 e. The highest BCUT2D eigenvalue weighted by Crippen LogP contribution is 2.27. The van der Waals surface area contributed by atoms with Crippen LogP contribution in [-0.2, 0) is 4.28 Å². The van der Waals surface area contributed by atoms with E-state index in [0.29, 0.717) is 5.56 Å². The summed E-state index contributed by atoms with van der Waals surface area (Å²) in [5.74, 6) is 0. The summed E-state index contributed by atoms with van der Waals surface area (Å²) >= 11 is 1.18. The van der Waals surface area contributed by atoms with E-state index in [1.807, 2.05) is 116 Å². The standard InChI is InChI=1S/C32H33N5OS/c1-6-9-26(10-7-2)34-27-14-16-29(17-15-27)36-38-39-37(5)30-20-18-28(19-21-30)35-32(11-8-3)31-22-25(23-33)13-12-24(31)4/h6-22,34-36H,1,3H2,2,4-5H3/b10-7-,26-9+,32-11+. The first kappa shape index (κ1) is 28.9. The van der Waals surface area contributed by atoms with E-state index in [-0.39, 0.29) is 0 Å². The van der Waals surface area contributed by atoms with E-state index in [1.54, 1.807) is 12.2 Å². The number of hydrogen-bond donors (Lipinski definition) is 3. The van der Waals surface area contributed by atoms with Crippen LogP contribution in [-0.4, -0.2) is 7.05 Å². The zero-order valence-electron chi connectivity index (χ0n) is 22.4. The Bertz CT molecular complexity index is 1400. The maximum absolute atomic E-state index is 9.30. The number of hydrogen-bond acceptors (Lipinski definition) is 7. The summed E-state index contributed by atoms with van der Waals surface area (Å²) in [6, 6.07) is 23.7. The average Bonchev–Trinajstić information content (AvgIpc) is 2.94. The molecular weight excluding hydrogens is 502 g/mol. The molecule has 0 amide bonds.